The number of nitrogens with zero attached hydrogens (tertiary/aromatic N) is 2. The molecule has 2 heterocycles. The van der Waals surface area contributed by atoms with E-state index < -0.39 is 24.0 Å². The zero-order valence-electron chi connectivity index (χ0n) is 18.3. The van der Waals surface area contributed by atoms with Crippen molar-refractivity contribution < 1.29 is 24.2 Å². The fourth-order valence-corrected chi connectivity index (χ4v) is 4.50. The Labute approximate surface area is 191 Å². The Morgan fingerprint density at radius 1 is 1.06 bits per heavy atom. The zero-order chi connectivity index (χ0) is 23.5. The van der Waals surface area contributed by atoms with Crippen LogP contribution in [0.15, 0.2) is 42.5 Å². The van der Waals surface area contributed by atoms with E-state index in [0.717, 1.165) is 29.7 Å². The van der Waals surface area contributed by atoms with Crippen molar-refractivity contribution >= 4 is 23.2 Å². The molecular weight excluding hydrogens is 427 g/mol. The van der Waals surface area contributed by atoms with Crippen molar-refractivity contribution in [2.75, 3.05) is 30.3 Å². The molecule has 1 saturated heterocycles. The van der Waals surface area contributed by atoms with Crippen molar-refractivity contribution in [1.29, 1.82) is 0 Å². The van der Waals surface area contributed by atoms with Crippen LogP contribution in [0.3, 0.4) is 0 Å². The average Bonchev–Trinajstić information content (AvgIpc) is 3.26. The second-order valence-corrected chi connectivity index (χ2v) is 8.73. The Morgan fingerprint density at radius 3 is 2.30 bits per heavy atom. The summed E-state index contributed by atoms with van der Waals surface area (Å²) in [6.45, 7) is 2.43. The molecule has 5 N–H and O–H groups in total. The molecule has 2 aliphatic rings. The van der Waals surface area contributed by atoms with Crippen molar-refractivity contribution in [2.24, 2.45) is 5.92 Å². The summed E-state index contributed by atoms with van der Waals surface area (Å²) in [5, 5.41) is 23.2. The number of nitrogen functional groups attached to an aromatic ring is 1. The highest BCUT2D eigenvalue weighted by Gasteiger charge is 2.35. The topological polar surface area (TPSA) is 119 Å². The molecule has 33 heavy (non-hydrogen) atoms. The molecule has 2 amide bonds. The van der Waals surface area contributed by atoms with Gasteiger partial charge in [-0.1, -0.05) is 24.3 Å². The Kier molecular flexibility index (Phi) is 6.80. The molecule has 2 aliphatic heterocycles. The molecule has 2 atom stereocenters. The van der Waals surface area contributed by atoms with Crippen molar-refractivity contribution in [3.63, 3.8) is 0 Å². The Morgan fingerprint density at radius 2 is 1.70 bits per heavy atom. The van der Waals surface area contributed by atoms with Gasteiger partial charge in [0.1, 0.15) is 5.82 Å². The summed E-state index contributed by atoms with van der Waals surface area (Å²) in [7, 11) is 0. The maximum Gasteiger partial charge on any atom is 0.255 e. The van der Waals surface area contributed by atoms with Gasteiger partial charge < -0.3 is 31.1 Å². The summed E-state index contributed by atoms with van der Waals surface area (Å²) in [5.41, 5.74) is 9.09. The third-order valence-corrected chi connectivity index (χ3v) is 6.48. The molecule has 176 valence electrons. The van der Waals surface area contributed by atoms with Crippen LogP contribution in [0.25, 0.3) is 0 Å². The minimum Gasteiger partial charge on any atom is -0.397 e. The molecule has 2 aromatic carbocycles. The van der Waals surface area contributed by atoms with Crippen molar-refractivity contribution in [1.82, 2.24) is 10.2 Å². The Hall–Kier alpha value is -3.17. The van der Waals surface area contributed by atoms with Gasteiger partial charge in [0.05, 0.1) is 11.4 Å². The molecule has 1 fully saturated rings. The van der Waals surface area contributed by atoms with Gasteiger partial charge in [-0.25, -0.2) is 4.39 Å². The summed E-state index contributed by atoms with van der Waals surface area (Å²) in [4.78, 5) is 28.5. The summed E-state index contributed by atoms with van der Waals surface area (Å²) < 4.78 is 13.3. The van der Waals surface area contributed by atoms with Gasteiger partial charge in [0, 0.05) is 32.7 Å². The number of fused-ring (bicyclic) bond motifs is 1. The number of anilines is 2. The number of halogens is 1. The lowest BCUT2D eigenvalue weighted by atomic mass is 9.96. The van der Waals surface area contributed by atoms with Gasteiger partial charge >= 0.3 is 0 Å². The van der Waals surface area contributed by atoms with Crippen molar-refractivity contribution in [3.8, 4) is 0 Å². The quantitative estimate of drug-likeness (QED) is 0.482. The van der Waals surface area contributed by atoms with E-state index in [2.05, 4.69) is 10.2 Å². The van der Waals surface area contributed by atoms with Crippen LogP contribution in [0.5, 0.6) is 0 Å². The summed E-state index contributed by atoms with van der Waals surface area (Å²) >= 11 is 0. The lowest BCUT2D eigenvalue weighted by Gasteiger charge is -2.34. The largest absolute Gasteiger partial charge is 0.397 e. The van der Waals surface area contributed by atoms with Gasteiger partial charge in [-0.15, -0.1) is 0 Å². The highest BCUT2D eigenvalue weighted by molar-refractivity contribution is 5.91. The first-order valence-electron chi connectivity index (χ1n) is 11.1. The smallest absolute Gasteiger partial charge is 0.255 e. The molecule has 8 nitrogen and oxygen atoms in total. The lowest BCUT2D eigenvalue weighted by Crippen LogP contribution is -2.50. The van der Waals surface area contributed by atoms with E-state index in [4.69, 9.17) is 5.73 Å². The van der Waals surface area contributed by atoms with Crippen LogP contribution in [0.2, 0.25) is 0 Å². The number of benzene rings is 2. The van der Waals surface area contributed by atoms with Crippen LogP contribution in [-0.2, 0) is 22.7 Å². The van der Waals surface area contributed by atoms with Crippen LogP contribution >= 0.6 is 0 Å². The molecule has 0 saturated carbocycles. The van der Waals surface area contributed by atoms with E-state index in [1.165, 1.54) is 17.0 Å². The number of nitrogens with two attached hydrogens (primary N) is 1. The first kappa shape index (κ1) is 23.0. The molecular formula is C24H29FN4O4. The number of carbonyl (C=O) groups excluding carboxylic acids is 2. The van der Waals surface area contributed by atoms with Gasteiger partial charge in [0.15, 0.2) is 12.2 Å². The minimum atomic E-state index is -1.83. The lowest BCUT2D eigenvalue weighted by molar-refractivity contribution is -0.153. The molecule has 0 spiro atoms. The molecule has 0 aromatic heterocycles. The predicted octanol–water partition coefficient (Wildman–Crippen LogP) is 1.00. The first-order valence-corrected chi connectivity index (χ1v) is 11.1. The Balaban J connectivity index is 1.23. The number of rotatable bonds is 6. The van der Waals surface area contributed by atoms with E-state index in [0.29, 0.717) is 38.4 Å². The molecule has 9 heteroatoms. The number of amides is 2. The number of aliphatic hydroxyl groups is 2. The highest BCUT2D eigenvalue weighted by atomic mass is 19.1. The van der Waals surface area contributed by atoms with Gasteiger partial charge in [0.25, 0.3) is 11.8 Å². The standard InChI is InChI=1S/C24H29FN4O4/c25-18-5-6-20(19(26)11-18)28-9-7-15(8-10-28)12-27-23(32)21(30)22(31)24(33)29-13-16-3-1-2-4-17(16)14-29/h1-6,11,15,21-22,30-31H,7-10,12-14,26H2,(H,27,32). The SMILES string of the molecule is Nc1cc(F)ccc1N1CCC(CNC(=O)C(O)C(O)C(=O)N2Cc3ccccc3C2)CC1. The van der Waals surface area contributed by atoms with Crippen LogP contribution < -0.4 is 16.0 Å². The third-order valence-electron chi connectivity index (χ3n) is 6.48. The fraction of sp³-hybridized carbons (Fsp3) is 0.417. The normalized spacial score (nSPS) is 18.0. The van der Waals surface area contributed by atoms with Crippen LogP contribution in [0, 0.1) is 11.7 Å². The van der Waals surface area contributed by atoms with Crippen molar-refractivity contribution in [3.05, 3.63) is 59.4 Å². The summed E-state index contributed by atoms with van der Waals surface area (Å²) in [5.74, 6) is -1.63. The maximum atomic E-state index is 13.3. The van der Waals surface area contributed by atoms with E-state index in [-0.39, 0.29) is 11.7 Å². The predicted molar refractivity (Wildman–Crippen MR) is 121 cm³/mol. The monoisotopic (exact) mass is 456 g/mol. The zero-order valence-corrected chi connectivity index (χ0v) is 18.3. The third kappa shape index (κ3) is 5.09. The number of carbonyl (C=O) groups is 2. The van der Waals surface area contributed by atoms with Gasteiger partial charge in [-0.2, -0.15) is 0 Å². The van der Waals surface area contributed by atoms with Crippen LogP contribution in [0.4, 0.5) is 15.8 Å². The molecule has 0 radical (unpaired) electrons. The number of nitrogens with one attached hydrogen (secondary N) is 1. The van der Waals surface area contributed by atoms with E-state index in [1.807, 2.05) is 24.3 Å². The van der Waals surface area contributed by atoms with Gasteiger partial charge in [-0.3, -0.25) is 9.59 Å². The molecule has 0 bridgehead atoms. The molecule has 0 aliphatic carbocycles. The summed E-state index contributed by atoms with van der Waals surface area (Å²) in [6, 6.07) is 11.9. The Bertz CT molecular complexity index is 1000. The highest BCUT2D eigenvalue weighted by Crippen LogP contribution is 2.28. The number of hydrogen-bond donors (Lipinski definition) is 4. The van der Waals surface area contributed by atoms with E-state index in [9.17, 15) is 24.2 Å². The van der Waals surface area contributed by atoms with E-state index in [1.54, 1.807) is 6.07 Å². The second kappa shape index (κ2) is 9.76. The maximum absolute atomic E-state index is 13.3. The van der Waals surface area contributed by atoms with Crippen LogP contribution in [0.1, 0.15) is 24.0 Å². The molecule has 2 aromatic rings. The van der Waals surface area contributed by atoms with Gasteiger partial charge in [-0.05, 0) is 48.1 Å². The molecule has 2 unspecified atom stereocenters. The van der Waals surface area contributed by atoms with Gasteiger partial charge in [0.2, 0.25) is 0 Å². The number of aliphatic hydroxyl groups excluding tert-OH is 2. The number of hydrogen-bond acceptors (Lipinski definition) is 6. The average molecular weight is 457 g/mol. The summed E-state index contributed by atoms with van der Waals surface area (Å²) in [6.07, 6.45) is -2.09. The van der Waals surface area contributed by atoms with E-state index >= 15 is 0 Å². The van der Waals surface area contributed by atoms with Crippen molar-refractivity contribution in [2.45, 2.75) is 38.1 Å². The van der Waals surface area contributed by atoms with Crippen LogP contribution in [-0.4, -0.2) is 58.8 Å². The first-order chi connectivity index (χ1) is 15.8. The minimum absolute atomic E-state index is 0.181. The molecule has 4 rings (SSSR count). The second-order valence-electron chi connectivity index (χ2n) is 8.73. The fourth-order valence-electron chi connectivity index (χ4n) is 4.50. The number of piperidine rings is 1.